The molecule has 164 valence electrons. The smallest absolute Gasteiger partial charge is 0.274 e. The fourth-order valence-corrected chi connectivity index (χ4v) is 4.57. The number of benzene rings is 2. The fraction of sp³-hybridized carbons (Fsp3) is 0.333. The van der Waals surface area contributed by atoms with E-state index in [2.05, 4.69) is 10.4 Å². The van der Waals surface area contributed by atoms with Gasteiger partial charge in [-0.2, -0.15) is 5.10 Å². The zero-order chi connectivity index (χ0) is 22.2. The maximum absolute atomic E-state index is 13.3. The summed E-state index contributed by atoms with van der Waals surface area (Å²) in [5.41, 5.74) is 2.15. The van der Waals surface area contributed by atoms with E-state index in [9.17, 15) is 13.2 Å². The Hall–Kier alpha value is -2.46. The second-order valence-electron chi connectivity index (χ2n) is 7.63. The number of anilines is 1. The minimum absolute atomic E-state index is 0.0422. The van der Waals surface area contributed by atoms with Crippen molar-refractivity contribution < 1.29 is 17.9 Å². The van der Waals surface area contributed by atoms with Crippen molar-refractivity contribution in [2.75, 3.05) is 11.9 Å². The van der Waals surface area contributed by atoms with Crippen LogP contribution in [0.1, 0.15) is 35.3 Å². The zero-order valence-corrected chi connectivity index (χ0v) is 18.5. The van der Waals surface area contributed by atoms with Crippen molar-refractivity contribution >= 4 is 44.1 Å². The Balaban J connectivity index is 1.75. The summed E-state index contributed by atoms with van der Waals surface area (Å²) in [4.78, 5) is 13.2. The number of fused-ring (bicyclic) bond motifs is 1. The predicted molar refractivity (Wildman–Crippen MR) is 119 cm³/mol. The van der Waals surface area contributed by atoms with Gasteiger partial charge in [0.05, 0.1) is 33.5 Å². The lowest BCUT2D eigenvalue weighted by atomic mass is 10.1. The molecule has 0 spiro atoms. The molecule has 1 aromatic heterocycles. The van der Waals surface area contributed by atoms with Crippen LogP contribution >= 0.6 is 11.6 Å². The number of ether oxygens (including phenoxy) is 1. The molecular formula is C21H23ClN4O4S. The maximum Gasteiger partial charge on any atom is 0.274 e. The lowest BCUT2D eigenvalue weighted by molar-refractivity contribution is 0.00379. The van der Waals surface area contributed by atoms with Gasteiger partial charge < -0.3 is 10.1 Å². The first-order valence-electron chi connectivity index (χ1n) is 9.95. The van der Waals surface area contributed by atoms with Gasteiger partial charge in [0, 0.05) is 12.3 Å². The zero-order valence-electron chi connectivity index (χ0n) is 17.0. The molecule has 1 amide bonds. The SMILES string of the molecule is Cc1ccc(Cl)c2c(C(=O)Nc3cccc(S(N)(=O)=O)c3)n(CC3CCCCO3)nc12. The van der Waals surface area contributed by atoms with Gasteiger partial charge in [0.25, 0.3) is 5.91 Å². The molecule has 0 saturated carbocycles. The Morgan fingerprint density at radius 1 is 1.32 bits per heavy atom. The van der Waals surface area contributed by atoms with E-state index in [1.165, 1.54) is 18.2 Å². The number of carbonyl (C=O) groups is 1. The first-order valence-corrected chi connectivity index (χ1v) is 11.9. The quantitative estimate of drug-likeness (QED) is 0.602. The van der Waals surface area contributed by atoms with Gasteiger partial charge in [-0.3, -0.25) is 9.48 Å². The molecule has 1 aliphatic rings. The largest absolute Gasteiger partial charge is 0.376 e. The number of rotatable bonds is 5. The summed E-state index contributed by atoms with van der Waals surface area (Å²) in [6.07, 6.45) is 2.93. The normalized spacial score (nSPS) is 17.1. The van der Waals surface area contributed by atoms with Crippen LogP contribution in [-0.4, -0.2) is 36.8 Å². The van der Waals surface area contributed by atoms with Crippen molar-refractivity contribution in [1.82, 2.24) is 9.78 Å². The number of aromatic nitrogens is 2. The van der Waals surface area contributed by atoms with Crippen molar-refractivity contribution in [3.8, 4) is 0 Å². The second kappa shape index (κ2) is 8.58. The van der Waals surface area contributed by atoms with Crippen molar-refractivity contribution in [1.29, 1.82) is 0 Å². The van der Waals surface area contributed by atoms with Gasteiger partial charge in [-0.1, -0.05) is 23.7 Å². The summed E-state index contributed by atoms with van der Waals surface area (Å²) in [7, 11) is -3.90. The summed E-state index contributed by atoms with van der Waals surface area (Å²) >= 11 is 6.46. The Bertz CT molecular complexity index is 1250. The van der Waals surface area contributed by atoms with E-state index >= 15 is 0 Å². The fourth-order valence-electron chi connectivity index (χ4n) is 3.77. The van der Waals surface area contributed by atoms with Gasteiger partial charge in [0.15, 0.2) is 0 Å². The number of primary sulfonamides is 1. The predicted octanol–water partition coefficient (Wildman–Crippen LogP) is 3.47. The Kier molecular flexibility index (Phi) is 6.02. The van der Waals surface area contributed by atoms with Gasteiger partial charge in [0.1, 0.15) is 5.69 Å². The average molecular weight is 463 g/mol. The van der Waals surface area contributed by atoms with Crippen LogP contribution in [0.15, 0.2) is 41.3 Å². The number of amides is 1. The minimum atomic E-state index is -3.90. The highest BCUT2D eigenvalue weighted by molar-refractivity contribution is 7.89. The number of nitrogens with zero attached hydrogens (tertiary/aromatic N) is 2. The summed E-state index contributed by atoms with van der Waals surface area (Å²) in [5, 5.41) is 13.6. The van der Waals surface area contributed by atoms with Gasteiger partial charge in [-0.15, -0.1) is 0 Å². The molecule has 2 aromatic carbocycles. The second-order valence-corrected chi connectivity index (χ2v) is 9.60. The maximum atomic E-state index is 13.3. The highest BCUT2D eigenvalue weighted by Crippen LogP contribution is 2.31. The van der Waals surface area contributed by atoms with Gasteiger partial charge in [-0.25, -0.2) is 13.6 Å². The minimum Gasteiger partial charge on any atom is -0.376 e. The molecule has 0 radical (unpaired) electrons. The topological polar surface area (TPSA) is 116 Å². The summed E-state index contributed by atoms with van der Waals surface area (Å²) in [6, 6.07) is 9.37. The number of nitrogens with one attached hydrogen (secondary N) is 1. The molecule has 10 heteroatoms. The standard InChI is InChI=1S/C21H23ClN4O4S/c1-13-8-9-17(22)18-19(13)25-26(12-15-6-2-3-10-30-15)20(18)21(27)24-14-5-4-7-16(11-14)31(23,28)29/h4-5,7-9,11,15H,2-3,6,10,12H2,1H3,(H,24,27)(H2,23,28,29). The lowest BCUT2D eigenvalue weighted by Gasteiger charge is -2.23. The van der Waals surface area contributed by atoms with Crippen molar-refractivity contribution in [2.45, 2.75) is 43.7 Å². The number of halogens is 1. The van der Waals surface area contributed by atoms with Crippen molar-refractivity contribution in [3.05, 3.63) is 52.7 Å². The number of carbonyl (C=O) groups excluding carboxylic acids is 1. The number of hydrogen-bond donors (Lipinski definition) is 2. The Labute approximate surface area is 185 Å². The number of hydrogen-bond acceptors (Lipinski definition) is 5. The highest BCUT2D eigenvalue weighted by Gasteiger charge is 2.25. The van der Waals surface area contributed by atoms with Crippen LogP contribution < -0.4 is 10.5 Å². The van der Waals surface area contributed by atoms with E-state index in [0.29, 0.717) is 40.5 Å². The molecule has 3 N–H and O–H groups in total. The van der Waals surface area contributed by atoms with E-state index in [0.717, 1.165) is 24.8 Å². The van der Waals surface area contributed by atoms with Crippen LogP contribution in [0.4, 0.5) is 5.69 Å². The van der Waals surface area contributed by atoms with E-state index in [-0.39, 0.29) is 11.0 Å². The van der Waals surface area contributed by atoms with E-state index < -0.39 is 15.9 Å². The van der Waals surface area contributed by atoms with Crippen LogP contribution in [-0.2, 0) is 21.3 Å². The van der Waals surface area contributed by atoms with Crippen LogP contribution in [0.5, 0.6) is 0 Å². The van der Waals surface area contributed by atoms with Crippen molar-refractivity contribution in [3.63, 3.8) is 0 Å². The van der Waals surface area contributed by atoms with Gasteiger partial charge in [-0.05, 0) is 56.0 Å². The third-order valence-electron chi connectivity index (χ3n) is 5.33. The first kappa shape index (κ1) is 21.8. The molecule has 0 bridgehead atoms. The van der Waals surface area contributed by atoms with Crippen molar-refractivity contribution in [2.24, 2.45) is 5.14 Å². The molecule has 8 nitrogen and oxygen atoms in total. The Morgan fingerprint density at radius 2 is 2.13 bits per heavy atom. The lowest BCUT2D eigenvalue weighted by Crippen LogP contribution is -2.28. The molecule has 1 fully saturated rings. The van der Waals surface area contributed by atoms with E-state index in [1.54, 1.807) is 16.8 Å². The molecule has 0 aliphatic carbocycles. The van der Waals surface area contributed by atoms with Gasteiger partial charge >= 0.3 is 0 Å². The van der Waals surface area contributed by atoms with E-state index in [1.807, 2.05) is 13.0 Å². The van der Waals surface area contributed by atoms with Crippen LogP contribution in [0.2, 0.25) is 5.02 Å². The molecule has 2 heterocycles. The third kappa shape index (κ3) is 4.59. The highest BCUT2D eigenvalue weighted by atomic mass is 35.5. The monoisotopic (exact) mass is 462 g/mol. The number of sulfonamides is 1. The number of aryl methyl sites for hydroxylation is 1. The average Bonchev–Trinajstić information content (AvgIpc) is 3.11. The molecular weight excluding hydrogens is 440 g/mol. The summed E-state index contributed by atoms with van der Waals surface area (Å²) in [6.45, 7) is 3.02. The Morgan fingerprint density at radius 3 is 2.84 bits per heavy atom. The van der Waals surface area contributed by atoms with Crippen LogP contribution in [0.3, 0.4) is 0 Å². The number of nitrogens with two attached hydrogens (primary N) is 1. The molecule has 4 rings (SSSR count). The molecule has 1 saturated heterocycles. The molecule has 1 unspecified atom stereocenters. The molecule has 1 aliphatic heterocycles. The first-order chi connectivity index (χ1) is 14.7. The summed E-state index contributed by atoms with van der Waals surface area (Å²) < 4.78 is 30.8. The van der Waals surface area contributed by atoms with E-state index in [4.69, 9.17) is 21.5 Å². The third-order valence-corrected chi connectivity index (χ3v) is 6.56. The van der Waals surface area contributed by atoms with Gasteiger partial charge in [0.2, 0.25) is 10.0 Å². The van der Waals surface area contributed by atoms with Crippen LogP contribution in [0, 0.1) is 6.92 Å². The van der Waals surface area contributed by atoms with Crippen LogP contribution in [0.25, 0.3) is 10.9 Å². The molecule has 3 aromatic rings. The molecule has 31 heavy (non-hydrogen) atoms. The molecule has 1 atom stereocenters. The summed E-state index contributed by atoms with van der Waals surface area (Å²) in [5.74, 6) is -0.447.